The molecule has 2 heterocycles. The summed E-state index contributed by atoms with van der Waals surface area (Å²) in [6, 6.07) is 22.3. The van der Waals surface area contributed by atoms with Crippen molar-refractivity contribution in [3.63, 3.8) is 0 Å². The number of para-hydroxylation sites is 1. The van der Waals surface area contributed by atoms with E-state index >= 15 is 0 Å². The molecular weight excluding hydrogens is 412 g/mol. The smallest absolute Gasteiger partial charge is 0.222 e. The van der Waals surface area contributed by atoms with E-state index in [0.717, 1.165) is 54.1 Å². The third-order valence-corrected chi connectivity index (χ3v) is 6.00. The van der Waals surface area contributed by atoms with E-state index in [-0.39, 0.29) is 5.91 Å². The molecule has 0 atom stereocenters. The minimum atomic E-state index is -0.00288. The van der Waals surface area contributed by atoms with Crippen molar-refractivity contribution in [1.29, 1.82) is 0 Å². The standard InChI is InChI=1S/C27H28N4O2/c32-25(28-19-22-9-6-18-33-22)15-17-31(16-14-20-7-2-1-3-8-20)27-23-10-4-5-11-24(23)29-26(30-27)21-12-13-21/h1-11,18,21H,12-17,19H2,(H,28,32). The van der Waals surface area contributed by atoms with Gasteiger partial charge in [0.2, 0.25) is 5.91 Å². The van der Waals surface area contributed by atoms with Crippen molar-refractivity contribution in [2.45, 2.75) is 38.1 Å². The van der Waals surface area contributed by atoms with Crippen molar-refractivity contribution in [1.82, 2.24) is 15.3 Å². The van der Waals surface area contributed by atoms with E-state index in [2.05, 4.69) is 46.6 Å². The van der Waals surface area contributed by atoms with Crippen molar-refractivity contribution in [2.24, 2.45) is 0 Å². The Balaban J connectivity index is 1.37. The average molecular weight is 441 g/mol. The van der Waals surface area contributed by atoms with Crippen molar-refractivity contribution < 1.29 is 9.21 Å². The fraction of sp³-hybridized carbons (Fsp3) is 0.296. The summed E-state index contributed by atoms with van der Waals surface area (Å²) >= 11 is 0. The van der Waals surface area contributed by atoms with E-state index in [4.69, 9.17) is 14.4 Å². The van der Waals surface area contributed by atoms with Crippen molar-refractivity contribution in [3.8, 4) is 0 Å². The first-order chi connectivity index (χ1) is 16.3. The van der Waals surface area contributed by atoms with Crippen LogP contribution >= 0.6 is 0 Å². The van der Waals surface area contributed by atoms with Crippen LogP contribution in [0.25, 0.3) is 10.9 Å². The lowest BCUT2D eigenvalue weighted by atomic mass is 10.1. The number of hydrogen-bond donors (Lipinski definition) is 1. The summed E-state index contributed by atoms with van der Waals surface area (Å²) in [6.45, 7) is 1.76. The summed E-state index contributed by atoms with van der Waals surface area (Å²) in [6.07, 6.45) is 5.18. The lowest BCUT2D eigenvalue weighted by Crippen LogP contribution is -2.33. The molecule has 1 aliphatic rings. The van der Waals surface area contributed by atoms with E-state index < -0.39 is 0 Å². The summed E-state index contributed by atoms with van der Waals surface area (Å²) in [5.41, 5.74) is 2.24. The zero-order valence-corrected chi connectivity index (χ0v) is 18.6. The molecule has 0 radical (unpaired) electrons. The highest BCUT2D eigenvalue weighted by Crippen LogP contribution is 2.39. The number of carbonyl (C=O) groups excluding carboxylic acids is 1. The van der Waals surface area contributed by atoms with Crippen LogP contribution in [0.4, 0.5) is 5.82 Å². The molecule has 1 amide bonds. The second-order valence-corrected chi connectivity index (χ2v) is 8.53. The topological polar surface area (TPSA) is 71.3 Å². The van der Waals surface area contributed by atoms with Gasteiger partial charge in [-0.2, -0.15) is 0 Å². The number of fused-ring (bicyclic) bond motifs is 1. The van der Waals surface area contributed by atoms with Crippen LogP contribution in [-0.2, 0) is 17.8 Å². The molecule has 6 heteroatoms. The molecule has 168 valence electrons. The summed E-state index contributed by atoms with van der Waals surface area (Å²) in [4.78, 5) is 24.7. The monoisotopic (exact) mass is 440 g/mol. The maximum Gasteiger partial charge on any atom is 0.222 e. The van der Waals surface area contributed by atoms with Crippen molar-refractivity contribution >= 4 is 22.6 Å². The number of anilines is 1. The SMILES string of the molecule is O=C(CCN(CCc1ccccc1)c1nc(C2CC2)nc2ccccc12)NCc1ccco1. The summed E-state index contributed by atoms with van der Waals surface area (Å²) in [7, 11) is 0. The molecular formula is C27H28N4O2. The van der Waals surface area contributed by atoms with Gasteiger partial charge in [0.25, 0.3) is 0 Å². The molecule has 4 aromatic rings. The lowest BCUT2D eigenvalue weighted by molar-refractivity contribution is -0.121. The van der Waals surface area contributed by atoms with Crippen molar-refractivity contribution in [3.05, 3.63) is 90.1 Å². The Labute approximate surface area is 193 Å². The molecule has 0 unspecified atom stereocenters. The maximum absolute atomic E-state index is 12.6. The molecule has 0 spiro atoms. The highest BCUT2D eigenvalue weighted by atomic mass is 16.3. The van der Waals surface area contributed by atoms with E-state index in [1.54, 1.807) is 6.26 Å². The third-order valence-electron chi connectivity index (χ3n) is 6.00. The molecule has 2 aromatic heterocycles. The van der Waals surface area contributed by atoms with Crippen LogP contribution < -0.4 is 10.2 Å². The van der Waals surface area contributed by atoms with Crippen LogP contribution in [0.3, 0.4) is 0 Å². The molecule has 1 fully saturated rings. The van der Waals surface area contributed by atoms with Gasteiger partial charge >= 0.3 is 0 Å². The molecule has 33 heavy (non-hydrogen) atoms. The van der Waals surface area contributed by atoms with Gasteiger partial charge in [0.1, 0.15) is 17.4 Å². The van der Waals surface area contributed by atoms with Gasteiger partial charge in [0, 0.05) is 30.8 Å². The highest BCUT2D eigenvalue weighted by molar-refractivity contribution is 5.90. The van der Waals surface area contributed by atoms with E-state index in [9.17, 15) is 4.79 Å². The Morgan fingerprint density at radius 2 is 1.79 bits per heavy atom. The van der Waals surface area contributed by atoms with Crippen LogP contribution in [0.1, 0.15) is 42.3 Å². The number of aromatic nitrogens is 2. The summed E-state index contributed by atoms with van der Waals surface area (Å²) in [5, 5.41) is 3.98. The highest BCUT2D eigenvalue weighted by Gasteiger charge is 2.28. The summed E-state index contributed by atoms with van der Waals surface area (Å²) < 4.78 is 5.31. The van der Waals surface area contributed by atoms with Crippen molar-refractivity contribution in [2.75, 3.05) is 18.0 Å². The first-order valence-electron chi connectivity index (χ1n) is 11.6. The van der Waals surface area contributed by atoms with Crippen LogP contribution in [-0.4, -0.2) is 29.0 Å². The number of furan rings is 1. The number of nitrogens with zero attached hydrogens (tertiary/aromatic N) is 3. The Hall–Kier alpha value is -3.67. The first kappa shape index (κ1) is 21.2. The number of hydrogen-bond acceptors (Lipinski definition) is 5. The summed E-state index contributed by atoms with van der Waals surface area (Å²) in [5.74, 6) is 3.06. The van der Waals surface area contributed by atoms with Crippen LogP contribution in [0.5, 0.6) is 0 Å². The molecule has 5 rings (SSSR count). The Morgan fingerprint density at radius 1 is 0.970 bits per heavy atom. The Kier molecular flexibility index (Phi) is 6.33. The van der Waals surface area contributed by atoms with Gasteiger partial charge in [-0.1, -0.05) is 42.5 Å². The largest absolute Gasteiger partial charge is 0.467 e. The van der Waals surface area contributed by atoms with E-state index in [1.807, 2.05) is 30.3 Å². The number of amides is 1. The van der Waals surface area contributed by atoms with Gasteiger partial charge in [0.15, 0.2) is 0 Å². The van der Waals surface area contributed by atoms with Gasteiger partial charge in [-0.3, -0.25) is 4.79 Å². The van der Waals surface area contributed by atoms with Crippen LogP contribution in [0, 0.1) is 0 Å². The number of nitrogens with one attached hydrogen (secondary N) is 1. The average Bonchev–Trinajstić information content (AvgIpc) is 3.58. The Bertz CT molecular complexity index is 1200. The second-order valence-electron chi connectivity index (χ2n) is 8.53. The molecule has 0 saturated heterocycles. The molecule has 0 aliphatic heterocycles. The molecule has 1 aliphatic carbocycles. The van der Waals surface area contributed by atoms with Gasteiger partial charge < -0.3 is 14.6 Å². The molecule has 0 bridgehead atoms. The minimum absolute atomic E-state index is 0.00288. The number of rotatable bonds is 10. The molecule has 1 N–H and O–H groups in total. The third kappa shape index (κ3) is 5.40. The Morgan fingerprint density at radius 3 is 2.58 bits per heavy atom. The fourth-order valence-corrected chi connectivity index (χ4v) is 4.00. The van der Waals surface area contributed by atoms with Gasteiger partial charge in [-0.15, -0.1) is 0 Å². The van der Waals surface area contributed by atoms with E-state index in [0.29, 0.717) is 25.4 Å². The maximum atomic E-state index is 12.6. The zero-order valence-electron chi connectivity index (χ0n) is 18.6. The zero-order chi connectivity index (χ0) is 22.5. The quantitative estimate of drug-likeness (QED) is 0.381. The molecule has 1 saturated carbocycles. The predicted octanol–water partition coefficient (Wildman–Crippen LogP) is 4.86. The first-order valence-corrected chi connectivity index (χ1v) is 11.6. The molecule has 2 aromatic carbocycles. The minimum Gasteiger partial charge on any atom is -0.467 e. The normalized spacial score (nSPS) is 13.2. The van der Waals surface area contributed by atoms with Gasteiger partial charge in [-0.25, -0.2) is 9.97 Å². The van der Waals surface area contributed by atoms with E-state index in [1.165, 1.54) is 5.56 Å². The molecule has 6 nitrogen and oxygen atoms in total. The van der Waals surface area contributed by atoms with Crippen LogP contribution in [0.15, 0.2) is 77.4 Å². The van der Waals surface area contributed by atoms with Crippen LogP contribution in [0.2, 0.25) is 0 Å². The predicted molar refractivity (Wildman–Crippen MR) is 129 cm³/mol. The number of carbonyl (C=O) groups is 1. The van der Waals surface area contributed by atoms with Gasteiger partial charge in [-0.05, 0) is 49.1 Å². The second kappa shape index (κ2) is 9.86. The fourth-order valence-electron chi connectivity index (χ4n) is 4.00. The van der Waals surface area contributed by atoms with Gasteiger partial charge in [0.05, 0.1) is 18.3 Å². The number of benzene rings is 2. The lowest BCUT2D eigenvalue weighted by Gasteiger charge is -2.25.